The molecule has 2 N–H and O–H groups in total. The Labute approximate surface area is 91.7 Å². The zero-order valence-electron chi connectivity index (χ0n) is 9.71. The van der Waals surface area contributed by atoms with E-state index in [1.165, 1.54) is 36.9 Å². The van der Waals surface area contributed by atoms with Gasteiger partial charge >= 0.3 is 0 Å². The Kier molecular flexibility index (Phi) is 3.41. The highest BCUT2D eigenvalue weighted by molar-refractivity contribution is 5.22. The molecule has 0 bridgehead atoms. The van der Waals surface area contributed by atoms with Gasteiger partial charge in [0.05, 0.1) is 6.20 Å². The number of nitrogens with zero attached hydrogens (tertiary/aromatic N) is 1. The Balaban J connectivity index is 2.07. The zero-order valence-corrected chi connectivity index (χ0v) is 9.71. The number of H-pyrrole nitrogens is 1. The second-order valence-electron chi connectivity index (χ2n) is 4.68. The highest BCUT2D eigenvalue weighted by atomic mass is 15.1. The van der Waals surface area contributed by atoms with Crippen molar-refractivity contribution in [1.29, 1.82) is 0 Å². The highest BCUT2D eigenvalue weighted by Crippen LogP contribution is 2.34. The van der Waals surface area contributed by atoms with Gasteiger partial charge in [0.1, 0.15) is 0 Å². The second kappa shape index (κ2) is 4.79. The first-order valence-corrected chi connectivity index (χ1v) is 6.00. The van der Waals surface area contributed by atoms with Crippen LogP contribution in [0.2, 0.25) is 0 Å². The van der Waals surface area contributed by atoms with Gasteiger partial charge in [-0.05, 0) is 38.8 Å². The summed E-state index contributed by atoms with van der Waals surface area (Å²) in [6, 6.07) is 0.530. The molecule has 0 aliphatic heterocycles. The lowest BCUT2D eigenvalue weighted by molar-refractivity contribution is 0.597. The molecule has 0 spiro atoms. The molecule has 0 aromatic carbocycles. The van der Waals surface area contributed by atoms with Gasteiger partial charge in [-0.2, -0.15) is 5.10 Å². The van der Waals surface area contributed by atoms with Crippen LogP contribution in [0.3, 0.4) is 0 Å². The molecule has 3 nitrogen and oxygen atoms in total. The standard InChI is InChI=1S/C12H21N3/c1-9(13-2)7-11-8-14-15-12(11)10-5-3-4-6-10/h8-10,13H,3-7H2,1-2H3,(H,14,15). The average molecular weight is 207 g/mol. The Morgan fingerprint density at radius 1 is 1.53 bits per heavy atom. The SMILES string of the molecule is CNC(C)Cc1cn[nH]c1C1CCCC1. The van der Waals surface area contributed by atoms with Crippen LogP contribution in [0.15, 0.2) is 6.20 Å². The first-order chi connectivity index (χ1) is 7.31. The van der Waals surface area contributed by atoms with Crippen molar-refractivity contribution in [3.05, 3.63) is 17.5 Å². The van der Waals surface area contributed by atoms with E-state index in [2.05, 4.69) is 22.4 Å². The molecule has 0 saturated heterocycles. The maximum Gasteiger partial charge on any atom is 0.0522 e. The van der Waals surface area contributed by atoms with Crippen molar-refractivity contribution in [3.63, 3.8) is 0 Å². The van der Waals surface area contributed by atoms with Crippen LogP contribution in [0.5, 0.6) is 0 Å². The van der Waals surface area contributed by atoms with Crippen molar-refractivity contribution in [2.45, 2.75) is 51.0 Å². The molecule has 1 aliphatic carbocycles. The molecule has 1 atom stereocenters. The zero-order chi connectivity index (χ0) is 10.7. The molecule has 1 aromatic rings. The van der Waals surface area contributed by atoms with Crippen LogP contribution >= 0.6 is 0 Å². The molecule has 1 unspecified atom stereocenters. The van der Waals surface area contributed by atoms with Crippen molar-refractivity contribution < 1.29 is 0 Å². The smallest absolute Gasteiger partial charge is 0.0522 e. The Morgan fingerprint density at radius 2 is 2.27 bits per heavy atom. The molecule has 1 aromatic heterocycles. The van der Waals surface area contributed by atoms with Gasteiger partial charge in [0.25, 0.3) is 0 Å². The summed E-state index contributed by atoms with van der Waals surface area (Å²) in [6.07, 6.45) is 8.52. The van der Waals surface area contributed by atoms with E-state index >= 15 is 0 Å². The number of hydrogen-bond donors (Lipinski definition) is 2. The van der Waals surface area contributed by atoms with Crippen LogP contribution in [0.1, 0.15) is 49.8 Å². The van der Waals surface area contributed by atoms with Crippen LogP contribution in [0.25, 0.3) is 0 Å². The van der Waals surface area contributed by atoms with Gasteiger partial charge < -0.3 is 5.32 Å². The predicted molar refractivity (Wildman–Crippen MR) is 62.0 cm³/mol. The maximum absolute atomic E-state index is 4.20. The Morgan fingerprint density at radius 3 is 2.93 bits per heavy atom. The molecule has 1 aliphatic rings. The fourth-order valence-electron chi connectivity index (χ4n) is 2.48. The van der Waals surface area contributed by atoms with Gasteiger partial charge in [-0.15, -0.1) is 0 Å². The van der Waals surface area contributed by atoms with E-state index in [-0.39, 0.29) is 0 Å². The summed E-state index contributed by atoms with van der Waals surface area (Å²) in [6.45, 7) is 2.21. The molecule has 1 saturated carbocycles. The van der Waals surface area contributed by atoms with Gasteiger partial charge in [0.2, 0.25) is 0 Å². The second-order valence-corrected chi connectivity index (χ2v) is 4.68. The molecular formula is C12H21N3. The van der Waals surface area contributed by atoms with Gasteiger partial charge in [-0.3, -0.25) is 5.10 Å². The van der Waals surface area contributed by atoms with E-state index in [1.807, 2.05) is 13.2 Å². The van der Waals surface area contributed by atoms with Crippen molar-refractivity contribution in [3.8, 4) is 0 Å². The van der Waals surface area contributed by atoms with Crippen LogP contribution in [-0.2, 0) is 6.42 Å². The van der Waals surface area contributed by atoms with E-state index in [4.69, 9.17) is 0 Å². The highest BCUT2D eigenvalue weighted by Gasteiger charge is 2.21. The fourth-order valence-corrected chi connectivity index (χ4v) is 2.48. The summed E-state index contributed by atoms with van der Waals surface area (Å²) < 4.78 is 0. The molecule has 1 heterocycles. The first kappa shape index (κ1) is 10.7. The lowest BCUT2D eigenvalue weighted by Crippen LogP contribution is -2.24. The van der Waals surface area contributed by atoms with Crippen LogP contribution in [-0.4, -0.2) is 23.3 Å². The average Bonchev–Trinajstić information content (AvgIpc) is 2.86. The predicted octanol–water partition coefficient (Wildman–Crippen LogP) is 2.22. The largest absolute Gasteiger partial charge is 0.317 e. The van der Waals surface area contributed by atoms with Crippen LogP contribution in [0, 0.1) is 0 Å². The third kappa shape index (κ3) is 2.40. The molecular weight excluding hydrogens is 186 g/mol. The van der Waals surface area contributed by atoms with Crippen LogP contribution in [0.4, 0.5) is 0 Å². The summed E-state index contributed by atoms with van der Waals surface area (Å²) in [5.74, 6) is 0.742. The molecule has 84 valence electrons. The lowest BCUT2D eigenvalue weighted by atomic mass is 9.97. The minimum Gasteiger partial charge on any atom is -0.317 e. The van der Waals surface area contributed by atoms with E-state index in [1.54, 1.807) is 0 Å². The molecule has 3 heteroatoms. The van der Waals surface area contributed by atoms with Crippen molar-refractivity contribution in [2.75, 3.05) is 7.05 Å². The number of rotatable bonds is 4. The summed E-state index contributed by atoms with van der Waals surface area (Å²) in [4.78, 5) is 0. The first-order valence-electron chi connectivity index (χ1n) is 6.00. The summed E-state index contributed by atoms with van der Waals surface area (Å²) in [5, 5.41) is 10.7. The summed E-state index contributed by atoms with van der Waals surface area (Å²) in [7, 11) is 2.01. The third-order valence-electron chi connectivity index (χ3n) is 3.53. The minimum absolute atomic E-state index is 0.530. The monoisotopic (exact) mass is 207 g/mol. The van der Waals surface area contributed by atoms with Crippen molar-refractivity contribution in [2.24, 2.45) is 0 Å². The van der Waals surface area contributed by atoms with Gasteiger partial charge in [0, 0.05) is 17.7 Å². The molecule has 0 radical (unpaired) electrons. The topological polar surface area (TPSA) is 40.7 Å². The number of aromatic nitrogens is 2. The fraction of sp³-hybridized carbons (Fsp3) is 0.750. The van der Waals surface area contributed by atoms with Gasteiger partial charge in [0.15, 0.2) is 0 Å². The third-order valence-corrected chi connectivity index (χ3v) is 3.53. The normalized spacial score (nSPS) is 19.6. The van der Waals surface area contributed by atoms with Gasteiger partial charge in [-0.25, -0.2) is 0 Å². The maximum atomic E-state index is 4.20. The van der Waals surface area contributed by atoms with E-state index in [9.17, 15) is 0 Å². The molecule has 2 rings (SSSR count). The number of aromatic amines is 1. The van der Waals surface area contributed by atoms with E-state index in [0.717, 1.165) is 12.3 Å². The van der Waals surface area contributed by atoms with Crippen molar-refractivity contribution >= 4 is 0 Å². The van der Waals surface area contributed by atoms with Gasteiger partial charge in [-0.1, -0.05) is 12.8 Å². The minimum atomic E-state index is 0.530. The molecule has 15 heavy (non-hydrogen) atoms. The quantitative estimate of drug-likeness (QED) is 0.794. The number of hydrogen-bond acceptors (Lipinski definition) is 2. The van der Waals surface area contributed by atoms with E-state index in [0.29, 0.717) is 6.04 Å². The van der Waals surface area contributed by atoms with E-state index < -0.39 is 0 Å². The summed E-state index contributed by atoms with van der Waals surface area (Å²) in [5.41, 5.74) is 2.80. The molecule has 1 fully saturated rings. The number of nitrogens with one attached hydrogen (secondary N) is 2. The van der Waals surface area contributed by atoms with Crippen LogP contribution < -0.4 is 5.32 Å². The summed E-state index contributed by atoms with van der Waals surface area (Å²) >= 11 is 0. The Bertz CT molecular complexity index is 300. The number of likely N-dealkylation sites (N-methyl/N-ethyl adjacent to an activating group) is 1. The van der Waals surface area contributed by atoms with Crippen molar-refractivity contribution in [1.82, 2.24) is 15.5 Å². The molecule has 0 amide bonds. The Hall–Kier alpha value is -0.830. The lowest BCUT2D eigenvalue weighted by Gasteiger charge is -2.13.